The highest BCUT2D eigenvalue weighted by Gasteiger charge is 2.33. The molecule has 5 aliphatic heterocycles. The third-order valence-electron chi connectivity index (χ3n) is 19.7. The van der Waals surface area contributed by atoms with Gasteiger partial charge in [-0.1, -0.05) is 91.0 Å². The van der Waals surface area contributed by atoms with Gasteiger partial charge in [0.25, 0.3) is 0 Å². The standard InChI is InChI=1S/C20H27O3S.C19H25O3S.C18H23O2S.C17H21O2S.C16H19O2S/c1-21-11-12-22-13-14-23-19-9-10-20(24-15-5-2-6-16-24)18-8-4-3-7-17(18)19;1-20-10-11-21-12-13-22-18-8-9-19(23-14-4-5-15-23)17-7-3-2-6-16(17)18;1-19-11-12-20-17-9-10-18(21-13-5-2-6-14-21)16-8-4-3-7-15(16)17;1-18-10-11-19-16-8-9-17(20-12-4-5-13-20)15-7-3-2-6-14(15)16;1-17-12-18-15-8-9-16(19-10-4-5-11-19)14-7-3-2-6-13(14)15/h3-4,7-10H,2,5-6,11-16H2,1H3;2-3,6-9H,4-5,10-15H2,1H3;3-4,7-10H,2,5-6,11-14H2,1H3;2-3,6-9H,4-5,10-13H2,1H3;2-3,6-9H,4-5,10-12H2,1H3/q5*+1. The van der Waals surface area contributed by atoms with Gasteiger partial charge in [0.05, 0.1) is 52.9 Å². The molecular formula is C90H115O12S5+5. The summed E-state index contributed by atoms with van der Waals surface area (Å²) in [5, 5.41) is 12.9. The summed E-state index contributed by atoms with van der Waals surface area (Å²) in [6, 6.07) is 65.1. The van der Waals surface area contributed by atoms with Crippen LogP contribution in [0.4, 0.5) is 0 Å². The van der Waals surface area contributed by atoms with E-state index in [1.807, 2.05) is 0 Å². The van der Waals surface area contributed by atoms with Gasteiger partial charge in [0, 0.05) is 144 Å². The maximum atomic E-state index is 5.98. The Morgan fingerprint density at radius 3 is 0.626 bits per heavy atom. The summed E-state index contributed by atoms with van der Waals surface area (Å²) in [4.78, 5) is 7.61. The van der Waals surface area contributed by atoms with E-state index in [0.717, 1.165) is 28.7 Å². The fourth-order valence-electron chi connectivity index (χ4n) is 14.3. The van der Waals surface area contributed by atoms with Crippen molar-refractivity contribution in [3.05, 3.63) is 182 Å². The minimum absolute atomic E-state index is 0.301. The van der Waals surface area contributed by atoms with Gasteiger partial charge in [0.1, 0.15) is 113 Å². The van der Waals surface area contributed by atoms with Crippen LogP contribution < -0.4 is 23.7 Å². The second-order valence-electron chi connectivity index (χ2n) is 26.9. The number of hydrogen-bond donors (Lipinski definition) is 0. The molecule has 0 radical (unpaired) electrons. The molecule has 0 unspecified atom stereocenters. The van der Waals surface area contributed by atoms with Crippen molar-refractivity contribution in [2.24, 2.45) is 0 Å². The van der Waals surface area contributed by atoms with E-state index >= 15 is 0 Å². The molecule has 12 nitrogen and oxygen atoms in total. The first-order chi connectivity index (χ1) is 53.0. The zero-order chi connectivity index (χ0) is 73.9. The number of hydrogen-bond acceptors (Lipinski definition) is 12. The van der Waals surface area contributed by atoms with Gasteiger partial charge in [-0.15, -0.1) is 0 Å². The summed E-state index contributed by atoms with van der Waals surface area (Å²) in [5.41, 5.74) is 0. The molecule has 5 fully saturated rings. The maximum absolute atomic E-state index is 5.98. The van der Waals surface area contributed by atoms with Crippen molar-refractivity contribution in [3.63, 3.8) is 0 Å². The van der Waals surface area contributed by atoms with E-state index in [4.69, 9.17) is 56.8 Å². The number of fused-ring (bicyclic) bond motifs is 5. The van der Waals surface area contributed by atoms with Gasteiger partial charge in [-0.05, 0) is 168 Å². The van der Waals surface area contributed by atoms with Crippen LogP contribution in [0.1, 0.15) is 77.0 Å². The van der Waals surface area contributed by atoms with Crippen LogP contribution >= 0.6 is 0 Å². The highest BCUT2D eigenvalue weighted by atomic mass is 32.2. The molecule has 0 aromatic heterocycles. The minimum Gasteiger partial charge on any atom is -0.491 e. The summed E-state index contributed by atoms with van der Waals surface area (Å²) in [6.45, 7) is 7.54. The second kappa shape index (κ2) is 46.0. The topological polar surface area (TPSA) is 111 Å². The molecule has 0 spiro atoms. The Labute approximate surface area is 651 Å². The van der Waals surface area contributed by atoms with E-state index in [0.29, 0.717) is 141 Å². The van der Waals surface area contributed by atoms with E-state index in [2.05, 4.69) is 182 Å². The number of methoxy groups -OCH3 is 5. The van der Waals surface area contributed by atoms with E-state index in [1.54, 1.807) is 35.5 Å². The zero-order valence-corrected chi connectivity index (χ0v) is 68.1. The van der Waals surface area contributed by atoms with Gasteiger partial charge in [0.15, 0.2) is 31.3 Å². The molecule has 0 bridgehead atoms. The molecule has 10 aromatic rings. The van der Waals surface area contributed by atoms with Gasteiger partial charge in [-0.25, -0.2) is 0 Å². The van der Waals surface area contributed by atoms with Crippen molar-refractivity contribution in [1.29, 1.82) is 0 Å². The summed E-state index contributed by atoms with van der Waals surface area (Å²) in [5.74, 6) is 18.3. The van der Waals surface area contributed by atoms with Crippen molar-refractivity contribution < 1.29 is 56.8 Å². The Hall–Kier alpha value is -6.03. The van der Waals surface area contributed by atoms with Crippen molar-refractivity contribution in [1.82, 2.24) is 0 Å². The van der Waals surface area contributed by atoms with Gasteiger partial charge >= 0.3 is 0 Å². The molecule has 0 amide bonds. The molecule has 17 heteroatoms. The third-order valence-corrected chi connectivity index (χ3v) is 32.4. The predicted octanol–water partition coefficient (Wildman–Crippen LogP) is 19.0. The second-order valence-corrected chi connectivity index (χ2v) is 38.1. The molecule has 0 saturated carbocycles. The van der Waals surface area contributed by atoms with Crippen molar-refractivity contribution >= 4 is 108 Å². The Balaban J connectivity index is 0.000000134. The molecule has 5 saturated heterocycles. The largest absolute Gasteiger partial charge is 0.491 e. The van der Waals surface area contributed by atoms with Crippen LogP contribution in [0.5, 0.6) is 28.7 Å². The molecule has 15 rings (SSSR count). The van der Waals surface area contributed by atoms with Gasteiger partial charge in [-0.2, -0.15) is 0 Å². The van der Waals surface area contributed by atoms with Crippen LogP contribution in [0.2, 0.25) is 0 Å². The molecule has 572 valence electrons. The SMILES string of the molecule is COCCOCCOc1ccc([S+]2CCCC2)c2ccccc12.COCCOCCOc1ccc([S+]2CCCCC2)c2ccccc12.COCCOc1ccc([S+]2CCCC2)c2ccccc12.COCCOc1ccc([S+]2CCCCC2)c2ccccc12.COCOc1ccc([S+]2CCCC2)c2ccccc12. The number of rotatable bonds is 30. The molecule has 5 heterocycles. The zero-order valence-electron chi connectivity index (χ0n) is 64.0. The fraction of sp³-hybridized carbons (Fsp3) is 0.444. The first kappa shape index (κ1) is 81.9. The minimum atomic E-state index is 0.301. The molecule has 107 heavy (non-hydrogen) atoms. The van der Waals surface area contributed by atoms with E-state index in [-0.39, 0.29) is 0 Å². The molecule has 0 atom stereocenters. The van der Waals surface area contributed by atoms with Crippen molar-refractivity contribution in [2.45, 2.75) is 102 Å². The molecule has 0 aliphatic carbocycles. The van der Waals surface area contributed by atoms with Gasteiger partial charge in [-0.3, -0.25) is 0 Å². The third kappa shape index (κ3) is 23.8. The Bertz CT molecular complexity index is 4240. The quantitative estimate of drug-likeness (QED) is 0.0243. The van der Waals surface area contributed by atoms with Crippen molar-refractivity contribution in [3.8, 4) is 28.7 Å². The predicted molar refractivity (Wildman–Crippen MR) is 456 cm³/mol. The van der Waals surface area contributed by atoms with Gasteiger partial charge < -0.3 is 56.8 Å². The average Bonchev–Trinajstić information content (AvgIpc) is 1.57. The number of benzene rings is 10. The molecule has 10 aromatic carbocycles. The smallest absolute Gasteiger partial charge is 0.188 e. The van der Waals surface area contributed by atoms with Crippen LogP contribution in [0.15, 0.2) is 206 Å². The van der Waals surface area contributed by atoms with E-state index < -0.39 is 0 Å². The van der Waals surface area contributed by atoms with Crippen LogP contribution in [-0.4, -0.2) is 179 Å². The summed E-state index contributed by atoms with van der Waals surface area (Å²) in [6.07, 6.45) is 16.5. The van der Waals surface area contributed by atoms with Crippen molar-refractivity contribution in [2.75, 3.05) is 179 Å². The lowest BCUT2D eigenvalue weighted by atomic mass is 10.1. The van der Waals surface area contributed by atoms with Gasteiger partial charge in [0.2, 0.25) is 0 Å². The Morgan fingerprint density at radius 1 is 0.196 bits per heavy atom. The molecule has 0 N–H and O–H groups in total. The Morgan fingerprint density at radius 2 is 0.393 bits per heavy atom. The van der Waals surface area contributed by atoms with E-state index in [1.165, 1.54) is 213 Å². The average molecular weight is 1550 g/mol. The molecular weight excluding hydrogens is 1430 g/mol. The van der Waals surface area contributed by atoms with Crippen LogP contribution in [0, 0.1) is 0 Å². The first-order valence-electron chi connectivity index (χ1n) is 38.7. The van der Waals surface area contributed by atoms with E-state index in [9.17, 15) is 0 Å². The lowest BCUT2D eigenvalue weighted by Gasteiger charge is -2.16. The molecule has 5 aliphatic rings. The lowest BCUT2D eigenvalue weighted by molar-refractivity contribution is 0.0522. The summed E-state index contributed by atoms with van der Waals surface area (Å²) < 4.78 is 65.3. The number of ether oxygens (including phenoxy) is 12. The monoisotopic (exact) mass is 1550 g/mol. The maximum Gasteiger partial charge on any atom is 0.188 e. The highest BCUT2D eigenvalue weighted by Crippen LogP contribution is 2.40. The van der Waals surface area contributed by atoms with Crippen LogP contribution in [0.25, 0.3) is 53.9 Å². The normalized spacial score (nSPS) is 15.8. The van der Waals surface area contributed by atoms with Crippen LogP contribution in [0.3, 0.4) is 0 Å². The first-order valence-corrected chi connectivity index (χ1v) is 46.5. The fourth-order valence-corrected chi connectivity index (χ4v) is 26.8. The van der Waals surface area contributed by atoms with Crippen LogP contribution in [-0.2, 0) is 87.6 Å². The summed E-state index contributed by atoms with van der Waals surface area (Å²) in [7, 11) is 10.5. The summed E-state index contributed by atoms with van der Waals surface area (Å²) >= 11 is 0. The lowest BCUT2D eigenvalue weighted by Crippen LogP contribution is -2.18. The highest BCUT2D eigenvalue weighted by molar-refractivity contribution is 7.98. The Kier molecular flexibility index (Phi) is 35.2.